The van der Waals surface area contributed by atoms with Gasteiger partial charge in [-0.05, 0) is 19.3 Å². The third kappa shape index (κ3) is 3.80. The van der Waals surface area contributed by atoms with Crippen molar-refractivity contribution in [3.63, 3.8) is 0 Å². The van der Waals surface area contributed by atoms with Crippen LogP contribution in [0.15, 0.2) is 0 Å². The van der Waals surface area contributed by atoms with Crippen LogP contribution in [0.3, 0.4) is 0 Å². The van der Waals surface area contributed by atoms with Crippen LogP contribution in [0.25, 0.3) is 0 Å². The number of ether oxygens (including phenoxy) is 1. The fraction of sp³-hybridized carbons (Fsp3) is 0.727. The zero-order valence-electron chi connectivity index (χ0n) is 8.42. The minimum atomic E-state index is 0.0719. The Bertz CT molecular complexity index is 214. The average molecular weight is 195 g/mol. The Labute approximate surface area is 85.2 Å². The smallest absolute Gasteiger partial charge is 0.225 e. The van der Waals surface area contributed by atoms with E-state index in [1.165, 1.54) is 0 Å². The van der Waals surface area contributed by atoms with E-state index in [1.54, 1.807) is 0 Å². The fourth-order valence-electron chi connectivity index (χ4n) is 1.45. The van der Waals surface area contributed by atoms with E-state index in [0.717, 1.165) is 38.8 Å². The number of unbranched alkanes of at least 4 members (excludes halogenated alkanes) is 2. The van der Waals surface area contributed by atoms with Crippen molar-refractivity contribution >= 4 is 5.91 Å². The fourth-order valence-corrected chi connectivity index (χ4v) is 1.45. The van der Waals surface area contributed by atoms with Crippen molar-refractivity contribution in [2.75, 3.05) is 19.8 Å². The highest BCUT2D eigenvalue weighted by Crippen LogP contribution is 2.11. The highest BCUT2D eigenvalue weighted by atomic mass is 16.5. The number of hydrogen-bond donors (Lipinski definition) is 1. The summed E-state index contributed by atoms with van der Waals surface area (Å²) in [5.74, 6) is 2.78. The summed E-state index contributed by atoms with van der Waals surface area (Å²) in [6.07, 6.45) is 8.71. The van der Waals surface area contributed by atoms with Gasteiger partial charge in [0.15, 0.2) is 0 Å². The van der Waals surface area contributed by atoms with Crippen molar-refractivity contribution in [2.24, 2.45) is 5.92 Å². The number of nitrogens with one attached hydrogen (secondary N) is 1. The van der Waals surface area contributed by atoms with E-state index in [-0.39, 0.29) is 11.8 Å². The number of hydrogen-bond acceptors (Lipinski definition) is 2. The minimum absolute atomic E-state index is 0.0719. The van der Waals surface area contributed by atoms with Gasteiger partial charge in [0.1, 0.15) is 0 Å². The van der Waals surface area contributed by atoms with Gasteiger partial charge in [-0.25, -0.2) is 0 Å². The highest BCUT2D eigenvalue weighted by Gasteiger charge is 2.22. The van der Waals surface area contributed by atoms with Gasteiger partial charge in [0.05, 0.1) is 12.5 Å². The topological polar surface area (TPSA) is 38.3 Å². The van der Waals surface area contributed by atoms with Gasteiger partial charge in [0, 0.05) is 19.6 Å². The van der Waals surface area contributed by atoms with E-state index in [2.05, 4.69) is 11.2 Å². The van der Waals surface area contributed by atoms with Gasteiger partial charge in [-0.1, -0.05) is 0 Å². The zero-order valence-corrected chi connectivity index (χ0v) is 8.42. The van der Waals surface area contributed by atoms with Crippen LogP contribution in [-0.4, -0.2) is 25.7 Å². The van der Waals surface area contributed by atoms with Crippen LogP contribution < -0.4 is 5.32 Å². The van der Waals surface area contributed by atoms with Crippen LogP contribution in [0, 0.1) is 18.3 Å². The molecule has 0 bridgehead atoms. The SMILES string of the molecule is C#CCCCCNC(=O)C1CCOC1. The summed E-state index contributed by atoms with van der Waals surface area (Å²) in [6, 6.07) is 0. The van der Waals surface area contributed by atoms with Gasteiger partial charge in [-0.3, -0.25) is 4.79 Å². The molecule has 1 N–H and O–H groups in total. The molecule has 1 atom stereocenters. The summed E-state index contributed by atoms with van der Waals surface area (Å²) in [7, 11) is 0. The second-order valence-corrected chi connectivity index (χ2v) is 3.51. The molecule has 78 valence electrons. The summed E-state index contributed by atoms with van der Waals surface area (Å²) in [5.41, 5.74) is 0. The molecule has 0 aromatic rings. The van der Waals surface area contributed by atoms with Gasteiger partial charge >= 0.3 is 0 Å². The highest BCUT2D eigenvalue weighted by molar-refractivity contribution is 5.78. The quantitative estimate of drug-likeness (QED) is 0.524. The summed E-state index contributed by atoms with van der Waals surface area (Å²) in [6.45, 7) is 2.03. The Balaban J connectivity index is 2.00. The first-order chi connectivity index (χ1) is 6.84. The lowest BCUT2D eigenvalue weighted by Gasteiger charge is -2.08. The lowest BCUT2D eigenvalue weighted by atomic mass is 10.1. The molecule has 0 radical (unpaired) electrons. The molecular weight excluding hydrogens is 178 g/mol. The molecule has 0 spiro atoms. The van der Waals surface area contributed by atoms with Crippen molar-refractivity contribution in [1.29, 1.82) is 0 Å². The normalized spacial score (nSPS) is 20.4. The summed E-state index contributed by atoms with van der Waals surface area (Å²) in [5, 5.41) is 2.90. The van der Waals surface area contributed by atoms with Crippen LogP contribution in [0.2, 0.25) is 0 Å². The largest absolute Gasteiger partial charge is 0.381 e. The Morgan fingerprint density at radius 1 is 1.57 bits per heavy atom. The Morgan fingerprint density at radius 2 is 2.43 bits per heavy atom. The lowest BCUT2D eigenvalue weighted by molar-refractivity contribution is -0.124. The molecule has 1 heterocycles. The number of carbonyl (C=O) groups is 1. The first kappa shape index (κ1) is 11.1. The second-order valence-electron chi connectivity index (χ2n) is 3.51. The number of terminal acetylenes is 1. The standard InChI is InChI=1S/C11H17NO2/c1-2-3-4-5-7-12-11(13)10-6-8-14-9-10/h1,10H,3-9H2,(H,12,13). The maximum Gasteiger partial charge on any atom is 0.225 e. The Morgan fingerprint density at radius 3 is 3.07 bits per heavy atom. The molecule has 1 aliphatic rings. The van der Waals surface area contributed by atoms with Crippen molar-refractivity contribution in [3.8, 4) is 12.3 Å². The maximum atomic E-state index is 11.4. The molecule has 1 rings (SSSR count). The molecule has 1 amide bonds. The van der Waals surface area contributed by atoms with Crippen LogP contribution in [-0.2, 0) is 9.53 Å². The molecule has 14 heavy (non-hydrogen) atoms. The predicted molar refractivity (Wildman–Crippen MR) is 54.6 cm³/mol. The van der Waals surface area contributed by atoms with E-state index < -0.39 is 0 Å². The Kier molecular flexibility index (Phi) is 5.09. The number of amides is 1. The average Bonchev–Trinajstić information content (AvgIpc) is 2.70. The zero-order chi connectivity index (χ0) is 10.2. The van der Waals surface area contributed by atoms with Gasteiger partial charge in [0.2, 0.25) is 5.91 Å². The van der Waals surface area contributed by atoms with Crippen LogP contribution in [0.5, 0.6) is 0 Å². The van der Waals surface area contributed by atoms with Crippen molar-refractivity contribution in [1.82, 2.24) is 5.32 Å². The second kappa shape index (κ2) is 6.44. The third-order valence-electron chi connectivity index (χ3n) is 2.35. The summed E-state index contributed by atoms with van der Waals surface area (Å²) < 4.78 is 5.14. The monoisotopic (exact) mass is 195 g/mol. The maximum absolute atomic E-state index is 11.4. The molecule has 1 fully saturated rings. The molecule has 0 saturated carbocycles. The van der Waals surface area contributed by atoms with Gasteiger partial charge in [0.25, 0.3) is 0 Å². The van der Waals surface area contributed by atoms with Crippen LogP contribution >= 0.6 is 0 Å². The molecule has 1 saturated heterocycles. The first-order valence-electron chi connectivity index (χ1n) is 5.13. The van der Waals surface area contributed by atoms with Gasteiger partial charge < -0.3 is 10.1 Å². The van der Waals surface area contributed by atoms with Gasteiger partial charge in [-0.15, -0.1) is 12.3 Å². The first-order valence-corrected chi connectivity index (χ1v) is 5.13. The molecule has 1 aliphatic heterocycles. The summed E-state index contributed by atoms with van der Waals surface area (Å²) >= 11 is 0. The molecule has 0 aromatic heterocycles. The van der Waals surface area contributed by atoms with Crippen molar-refractivity contribution < 1.29 is 9.53 Å². The summed E-state index contributed by atoms with van der Waals surface area (Å²) in [4.78, 5) is 11.4. The van der Waals surface area contributed by atoms with Crippen molar-refractivity contribution in [2.45, 2.75) is 25.7 Å². The van der Waals surface area contributed by atoms with Gasteiger partial charge in [-0.2, -0.15) is 0 Å². The van der Waals surface area contributed by atoms with Crippen LogP contribution in [0.1, 0.15) is 25.7 Å². The van der Waals surface area contributed by atoms with E-state index in [4.69, 9.17) is 11.2 Å². The molecule has 0 aromatic carbocycles. The molecule has 3 heteroatoms. The minimum Gasteiger partial charge on any atom is -0.381 e. The predicted octanol–water partition coefficient (Wildman–Crippen LogP) is 0.943. The van der Waals surface area contributed by atoms with E-state index >= 15 is 0 Å². The Hall–Kier alpha value is -1.01. The van der Waals surface area contributed by atoms with Crippen LogP contribution in [0.4, 0.5) is 0 Å². The number of rotatable bonds is 5. The van der Waals surface area contributed by atoms with E-state index in [9.17, 15) is 4.79 Å². The lowest BCUT2D eigenvalue weighted by Crippen LogP contribution is -2.31. The van der Waals surface area contributed by atoms with E-state index in [0.29, 0.717) is 6.61 Å². The van der Waals surface area contributed by atoms with Crippen molar-refractivity contribution in [3.05, 3.63) is 0 Å². The number of carbonyl (C=O) groups excluding carboxylic acids is 1. The molecular formula is C11H17NO2. The third-order valence-corrected chi connectivity index (χ3v) is 2.35. The molecule has 0 aliphatic carbocycles. The van der Waals surface area contributed by atoms with E-state index in [1.807, 2.05) is 0 Å². The molecule has 1 unspecified atom stereocenters. The molecule has 3 nitrogen and oxygen atoms in total.